The number of carbonyl (C=O) groups is 1. The average Bonchev–Trinajstić information content (AvgIpc) is 2.79. The van der Waals surface area contributed by atoms with Crippen LogP contribution in [-0.4, -0.2) is 53.6 Å². The molecule has 7 nitrogen and oxygen atoms in total. The van der Waals surface area contributed by atoms with Crippen molar-refractivity contribution in [1.82, 2.24) is 19.8 Å². The number of piperazine rings is 1. The molecule has 0 saturated carbocycles. The fourth-order valence-electron chi connectivity index (χ4n) is 4.21. The van der Waals surface area contributed by atoms with Gasteiger partial charge in [-0.1, -0.05) is 12.1 Å². The quantitative estimate of drug-likeness (QED) is 0.543. The highest BCUT2D eigenvalue weighted by atomic mass is 32.1. The number of nitrogens with one attached hydrogen (secondary N) is 2. The van der Waals surface area contributed by atoms with Crippen LogP contribution in [0.5, 0.6) is 0 Å². The van der Waals surface area contributed by atoms with Crippen molar-refractivity contribution in [3.8, 4) is 0 Å². The van der Waals surface area contributed by atoms with Gasteiger partial charge < -0.3 is 20.1 Å². The number of carbonyl (C=O) groups excluding carboxylic acids is 1. The lowest BCUT2D eigenvalue weighted by Gasteiger charge is -2.36. The SMILES string of the molecule is CC(NC(=O)CCn1c(=S)[nH]c2ccccc2c1=O)c1cc(F)ccc1N1CCN(C)CC1. The Hall–Kier alpha value is -3.04. The summed E-state index contributed by atoms with van der Waals surface area (Å²) in [5.41, 5.74) is 2.13. The average molecular weight is 470 g/mol. The van der Waals surface area contributed by atoms with Crippen LogP contribution in [0.15, 0.2) is 47.3 Å². The molecule has 9 heteroatoms. The number of amides is 1. The highest BCUT2D eigenvalue weighted by Crippen LogP contribution is 2.28. The number of nitrogens with zero attached hydrogens (tertiary/aromatic N) is 3. The molecule has 2 aromatic carbocycles. The van der Waals surface area contributed by atoms with Crippen LogP contribution in [0, 0.1) is 10.6 Å². The molecule has 1 atom stereocenters. The minimum atomic E-state index is -0.384. The molecule has 1 aromatic heterocycles. The van der Waals surface area contributed by atoms with Gasteiger partial charge in [0.15, 0.2) is 4.77 Å². The first-order valence-corrected chi connectivity index (χ1v) is 11.5. The first kappa shape index (κ1) is 23.1. The summed E-state index contributed by atoms with van der Waals surface area (Å²) in [5, 5.41) is 3.48. The van der Waals surface area contributed by atoms with E-state index in [1.807, 2.05) is 13.0 Å². The minimum absolute atomic E-state index is 0.0826. The Morgan fingerprint density at radius 3 is 2.67 bits per heavy atom. The number of hydrogen-bond acceptors (Lipinski definition) is 5. The maximum absolute atomic E-state index is 14.1. The molecule has 0 radical (unpaired) electrons. The highest BCUT2D eigenvalue weighted by Gasteiger charge is 2.21. The Morgan fingerprint density at radius 1 is 1.18 bits per heavy atom. The molecule has 3 aromatic rings. The van der Waals surface area contributed by atoms with Crippen LogP contribution < -0.4 is 15.8 Å². The number of hydrogen-bond donors (Lipinski definition) is 2. The van der Waals surface area contributed by atoms with E-state index in [2.05, 4.69) is 27.1 Å². The Bertz CT molecular complexity index is 1280. The lowest BCUT2D eigenvalue weighted by molar-refractivity contribution is -0.121. The fraction of sp³-hybridized carbons (Fsp3) is 0.375. The van der Waals surface area contributed by atoms with Crippen LogP contribution in [0.2, 0.25) is 0 Å². The molecule has 1 aliphatic rings. The fourth-order valence-corrected chi connectivity index (χ4v) is 4.50. The third-order valence-corrected chi connectivity index (χ3v) is 6.45. The normalized spacial score (nSPS) is 15.5. The van der Waals surface area contributed by atoms with Crippen molar-refractivity contribution in [2.24, 2.45) is 0 Å². The van der Waals surface area contributed by atoms with Gasteiger partial charge in [0.1, 0.15) is 5.82 Å². The molecule has 1 fully saturated rings. The third kappa shape index (κ3) is 5.15. The Kier molecular flexibility index (Phi) is 6.90. The van der Waals surface area contributed by atoms with Crippen molar-refractivity contribution < 1.29 is 9.18 Å². The maximum Gasteiger partial charge on any atom is 0.262 e. The number of anilines is 1. The summed E-state index contributed by atoms with van der Waals surface area (Å²) in [5.74, 6) is -0.566. The number of rotatable bonds is 6. The van der Waals surface area contributed by atoms with E-state index in [1.54, 1.807) is 24.3 Å². The number of H-pyrrole nitrogens is 1. The first-order chi connectivity index (χ1) is 15.8. The van der Waals surface area contributed by atoms with Gasteiger partial charge in [-0.2, -0.15) is 0 Å². The van der Waals surface area contributed by atoms with Gasteiger partial charge in [0.2, 0.25) is 5.91 Å². The van der Waals surface area contributed by atoms with E-state index in [4.69, 9.17) is 12.2 Å². The molecule has 0 aliphatic carbocycles. The predicted octanol–water partition coefficient (Wildman–Crippen LogP) is 3.22. The zero-order valence-electron chi connectivity index (χ0n) is 18.8. The van der Waals surface area contributed by atoms with Gasteiger partial charge in [-0.05, 0) is 56.5 Å². The van der Waals surface area contributed by atoms with Crippen LogP contribution in [-0.2, 0) is 11.3 Å². The van der Waals surface area contributed by atoms with Gasteiger partial charge in [0.25, 0.3) is 5.56 Å². The van der Waals surface area contributed by atoms with E-state index >= 15 is 0 Å². The second-order valence-corrected chi connectivity index (χ2v) is 8.85. The van der Waals surface area contributed by atoms with Crippen LogP contribution in [0.1, 0.15) is 24.9 Å². The summed E-state index contributed by atoms with van der Waals surface area (Å²) in [6.07, 6.45) is 0.0826. The van der Waals surface area contributed by atoms with Gasteiger partial charge in [0, 0.05) is 50.4 Å². The van der Waals surface area contributed by atoms with Gasteiger partial charge in [0.05, 0.1) is 16.9 Å². The molecule has 4 rings (SSSR count). The molecular formula is C24H28FN5O2S. The number of aromatic nitrogens is 2. The Morgan fingerprint density at radius 2 is 1.91 bits per heavy atom. The molecule has 174 valence electrons. The van der Waals surface area contributed by atoms with Gasteiger partial charge in [-0.15, -0.1) is 0 Å². The molecule has 1 aliphatic heterocycles. The molecule has 0 spiro atoms. The number of halogens is 1. The van der Waals surface area contributed by atoms with E-state index < -0.39 is 0 Å². The van der Waals surface area contributed by atoms with Gasteiger partial charge in [-0.25, -0.2) is 4.39 Å². The summed E-state index contributed by atoms with van der Waals surface area (Å²) in [6, 6.07) is 11.5. The number of benzene rings is 2. The number of fused-ring (bicyclic) bond motifs is 1. The molecule has 1 unspecified atom stereocenters. The molecule has 1 saturated heterocycles. The topological polar surface area (TPSA) is 73.4 Å². The monoisotopic (exact) mass is 469 g/mol. The predicted molar refractivity (Wildman–Crippen MR) is 131 cm³/mol. The zero-order chi connectivity index (χ0) is 23.5. The Balaban J connectivity index is 1.47. The molecule has 2 heterocycles. The largest absolute Gasteiger partial charge is 0.369 e. The lowest BCUT2D eigenvalue weighted by Crippen LogP contribution is -2.45. The Labute approximate surface area is 196 Å². The second-order valence-electron chi connectivity index (χ2n) is 8.47. The van der Waals surface area contributed by atoms with E-state index in [-0.39, 0.29) is 41.1 Å². The summed E-state index contributed by atoms with van der Waals surface area (Å²) in [6.45, 7) is 5.56. The van der Waals surface area contributed by atoms with E-state index in [9.17, 15) is 14.0 Å². The number of likely N-dealkylation sites (N-methyl/N-ethyl adjacent to an activating group) is 1. The van der Waals surface area contributed by atoms with Crippen molar-refractivity contribution in [3.63, 3.8) is 0 Å². The van der Waals surface area contributed by atoms with Crippen LogP contribution >= 0.6 is 12.2 Å². The van der Waals surface area contributed by atoms with Crippen molar-refractivity contribution in [1.29, 1.82) is 0 Å². The van der Waals surface area contributed by atoms with Crippen molar-refractivity contribution in [2.75, 3.05) is 38.1 Å². The third-order valence-electron chi connectivity index (χ3n) is 6.13. The zero-order valence-corrected chi connectivity index (χ0v) is 19.6. The molecular weight excluding hydrogens is 441 g/mol. The summed E-state index contributed by atoms with van der Waals surface area (Å²) < 4.78 is 15.7. The molecule has 0 bridgehead atoms. The first-order valence-electron chi connectivity index (χ1n) is 11.1. The van der Waals surface area contributed by atoms with E-state index in [1.165, 1.54) is 16.7 Å². The summed E-state index contributed by atoms with van der Waals surface area (Å²) in [7, 11) is 2.08. The van der Waals surface area contributed by atoms with Crippen LogP contribution in [0.25, 0.3) is 10.9 Å². The van der Waals surface area contributed by atoms with E-state index in [0.717, 1.165) is 37.4 Å². The second kappa shape index (κ2) is 9.84. The summed E-state index contributed by atoms with van der Waals surface area (Å²) in [4.78, 5) is 33.0. The number of para-hydroxylation sites is 1. The molecule has 33 heavy (non-hydrogen) atoms. The van der Waals surface area contributed by atoms with E-state index in [0.29, 0.717) is 10.9 Å². The summed E-state index contributed by atoms with van der Waals surface area (Å²) >= 11 is 5.32. The molecule has 2 N–H and O–H groups in total. The van der Waals surface area contributed by atoms with Gasteiger partial charge in [-0.3, -0.25) is 14.2 Å². The highest BCUT2D eigenvalue weighted by molar-refractivity contribution is 7.71. The van der Waals surface area contributed by atoms with Gasteiger partial charge >= 0.3 is 0 Å². The van der Waals surface area contributed by atoms with Crippen LogP contribution in [0.4, 0.5) is 10.1 Å². The van der Waals surface area contributed by atoms with Crippen molar-refractivity contribution in [3.05, 3.63) is 69.0 Å². The van der Waals surface area contributed by atoms with Crippen LogP contribution in [0.3, 0.4) is 0 Å². The smallest absolute Gasteiger partial charge is 0.262 e. The standard InChI is InChI=1S/C24H28FN5O2S/c1-16(19-15-17(25)7-8-21(19)29-13-11-28(2)12-14-29)26-22(31)9-10-30-23(32)18-5-3-4-6-20(18)27-24(30)33/h3-8,15-16H,9-14H2,1-2H3,(H,26,31)(H,27,33). The van der Waals surface area contributed by atoms with Crippen molar-refractivity contribution in [2.45, 2.75) is 25.9 Å². The maximum atomic E-state index is 14.1. The molecule has 1 amide bonds. The number of aromatic amines is 1. The minimum Gasteiger partial charge on any atom is -0.369 e. The lowest BCUT2D eigenvalue weighted by atomic mass is 10.0. The van der Waals surface area contributed by atoms with Crippen molar-refractivity contribution >= 4 is 34.7 Å².